The molecular weight excluding hydrogens is 176 g/mol. The molecular formula is C12H20O2. The number of fused-ring (bicyclic) bond motifs is 2. The first-order valence-electron chi connectivity index (χ1n) is 5.49. The third-order valence-electron chi connectivity index (χ3n) is 5.47. The van der Waals surface area contributed by atoms with Crippen LogP contribution in [0.1, 0.15) is 47.0 Å². The summed E-state index contributed by atoms with van der Waals surface area (Å²) in [5, 5.41) is 10.5. The molecule has 0 saturated heterocycles. The molecule has 1 N–H and O–H groups in total. The number of Topliss-reactive ketones (excluding diaryl/α,β-unsaturated/α-hetero) is 1. The number of hydrogen-bond donors (Lipinski definition) is 1. The van der Waals surface area contributed by atoms with Gasteiger partial charge in [0, 0.05) is 5.41 Å². The fraction of sp³-hybridized carbons (Fsp3) is 0.917. The van der Waals surface area contributed by atoms with Gasteiger partial charge in [0.1, 0.15) is 5.60 Å². The summed E-state index contributed by atoms with van der Waals surface area (Å²) in [5.74, 6) is 0.469. The average Bonchev–Trinajstić information content (AvgIpc) is 2.36. The molecule has 2 rings (SSSR count). The Bertz CT molecular complexity index is 295. The molecule has 2 nitrogen and oxygen atoms in total. The third-order valence-corrected chi connectivity index (χ3v) is 5.47. The van der Waals surface area contributed by atoms with Crippen molar-refractivity contribution in [2.45, 2.75) is 52.6 Å². The van der Waals surface area contributed by atoms with E-state index in [4.69, 9.17) is 0 Å². The molecule has 0 radical (unpaired) electrons. The van der Waals surface area contributed by atoms with E-state index >= 15 is 0 Å². The van der Waals surface area contributed by atoms with E-state index in [2.05, 4.69) is 20.8 Å². The fourth-order valence-corrected chi connectivity index (χ4v) is 3.81. The van der Waals surface area contributed by atoms with Crippen molar-refractivity contribution in [3.63, 3.8) is 0 Å². The molecule has 3 atom stereocenters. The van der Waals surface area contributed by atoms with E-state index in [1.165, 1.54) is 13.3 Å². The second kappa shape index (κ2) is 2.41. The zero-order chi connectivity index (χ0) is 10.8. The minimum atomic E-state index is -1.06. The van der Waals surface area contributed by atoms with Gasteiger partial charge in [0.2, 0.25) is 0 Å². The van der Waals surface area contributed by atoms with Gasteiger partial charge >= 0.3 is 0 Å². The van der Waals surface area contributed by atoms with Crippen LogP contribution in [0.5, 0.6) is 0 Å². The van der Waals surface area contributed by atoms with E-state index in [-0.39, 0.29) is 16.6 Å². The van der Waals surface area contributed by atoms with Crippen LogP contribution in [-0.4, -0.2) is 16.5 Å². The highest BCUT2D eigenvalue weighted by Crippen LogP contribution is 2.69. The van der Waals surface area contributed by atoms with Crippen molar-refractivity contribution in [1.29, 1.82) is 0 Å². The van der Waals surface area contributed by atoms with Gasteiger partial charge in [-0.2, -0.15) is 0 Å². The average molecular weight is 196 g/mol. The van der Waals surface area contributed by atoms with Gasteiger partial charge in [0.25, 0.3) is 0 Å². The summed E-state index contributed by atoms with van der Waals surface area (Å²) < 4.78 is 0. The van der Waals surface area contributed by atoms with Gasteiger partial charge in [0.05, 0.1) is 0 Å². The molecule has 2 fully saturated rings. The van der Waals surface area contributed by atoms with Gasteiger partial charge in [-0.1, -0.05) is 20.8 Å². The third kappa shape index (κ3) is 0.796. The minimum absolute atomic E-state index is 0.0460. The Morgan fingerprint density at radius 2 is 1.93 bits per heavy atom. The van der Waals surface area contributed by atoms with E-state index in [1.807, 2.05) is 0 Å². The first-order chi connectivity index (χ1) is 6.26. The van der Waals surface area contributed by atoms with Gasteiger partial charge < -0.3 is 5.11 Å². The van der Waals surface area contributed by atoms with E-state index in [0.29, 0.717) is 12.3 Å². The molecule has 2 aliphatic carbocycles. The summed E-state index contributed by atoms with van der Waals surface area (Å²) in [4.78, 5) is 11.6. The van der Waals surface area contributed by atoms with Crippen LogP contribution in [0, 0.1) is 16.7 Å². The van der Waals surface area contributed by atoms with Crippen molar-refractivity contribution in [2.75, 3.05) is 0 Å². The molecule has 2 aliphatic rings. The molecule has 2 heteroatoms. The maximum Gasteiger partial charge on any atom is 0.161 e. The van der Waals surface area contributed by atoms with Crippen LogP contribution in [-0.2, 0) is 4.79 Å². The maximum absolute atomic E-state index is 11.6. The number of rotatable bonds is 1. The lowest BCUT2D eigenvalue weighted by atomic mass is 9.63. The van der Waals surface area contributed by atoms with Crippen molar-refractivity contribution in [2.24, 2.45) is 16.7 Å². The lowest BCUT2D eigenvalue weighted by Gasteiger charge is -2.43. The Morgan fingerprint density at radius 1 is 1.36 bits per heavy atom. The molecule has 0 spiro atoms. The molecule has 0 heterocycles. The van der Waals surface area contributed by atoms with E-state index in [1.54, 1.807) is 0 Å². The Balaban J connectivity index is 2.50. The van der Waals surface area contributed by atoms with E-state index in [0.717, 1.165) is 6.42 Å². The SMILES string of the molecule is CC(=O)[C@@]1(O)C[C@@H]2CC[C@]1(C)C2(C)C. The van der Waals surface area contributed by atoms with Crippen molar-refractivity contribution in [3.8, 4) is 0 Å². The second-order valence-corrected chi connectivity index (χ2v) is 5.91. The number of carbonyl (C=O) groups excluding carboxylic acids is 1. The van der Waals surface area contributed by atoms with Crippen molar-refractivity contribution in [3.05, 3.63) is 0 Å². The topological polar surface area (TPSA) is 37.3 Å². The zero-order valence-corrected chi connectivity index (χ0v) is 9.55. The smallest absolute Gasteiger partial charge is 0.161 e. The number of hydrogen-bond acceptors (Lipinski definition) is 2. The molecule has 0 aromatic rings. The Morgan fingerprint density at radius 3 is 2.14 bits per heavy atom. The normalized spacial score (nSPS) is 49.6. The number of ketones is 1. The second-order valence-electron chi connectivity index (χ2n) is 5.91. The van der Waals surface area contributed by atoms with Crippen LogP contribution >= 0.6 is 0 Å². The maximum atomic E-state index is 11.6. The molecule has 0 aromatic heterocycles. The highest BCUT2D eigenvalue weighted by Gasteiger charge is 2.70. The first kappa shape index (κ1) is 10.2. The lowest BCUT2D eigenvalue weighted by Crippen LogP contribution is -2.51. The summed E-state index contributed by atoms with van der Waals surface area (Å²) in [7, 11) is 0. The summed E-state index contributed by atoms with van der Waals surface area (Å²) in [5.41, 5.74) is -1.16. The minimum Gasteiger partial charge on any atom is -0.381 e. The standard InChI is InChI=1S/C12H20O2/c1-8(13)12(14)7-9-5-6-11(12,4)10(9,2)3/h9,14H,5-7H2,1-4H3/t9-,11+,12-/m0/s1. The summed E-state index contributed by atoms with van der Waals surface area (Å²) in [6.07, 6.45) is 2.83. The van der Waals surface area contributed by atoms with Crippen LogP contribution in [0.15, 0.2) is 0 Å². The van der Waals surface area contributed by atoms with Gasteiger partial charge in [0.15, 0.2) is 5.78 Å². The van der Waals surface area contributed by atoms with Crippen molar-refractivity contribution < 1.29 is 9.90 Å². The molecule has 14 heavy (non-hydrogen) atoms. The lowest BCUT2D eigenvalue weighted by molar-refractivity contribution is -0.152. The Kier molecular flexibility index (Phi) is 1.75. The molecule has 0 unspecified atom stereocenters. The van der Waals surface area contributed by atoms with Crippen molar-refractivity contribution in [1.82, 2.24) is 0 Å². The molecule has 0 amide bonds. The van der Waals surface area contributed by atoms with Gasteiger partial charge in [-0.3, -0.25) is 4.79 Å². The monoisotopic (exact) mass is 196 g/mol. The van der Waals surface area contributed by atoms with Gasteiger partial charge in [-0.25, -0.2) is 0 Å². The number of carbonyl (C=O) groups is 1. The zero-order valence-electron chi connectivity index (χ0n) is 9.55. The first-order valence-corrected chi connectivity index (χ1v) is 5.49. The highest BCUT2D eigenvalue weighted by atomic mass is 16.3. The van der Waals surface area contributed by atoms with Crippen LogP contribution in [0.3, 0.4) is 0 Å². The molecule has 0 aliphatic heterocycles. The predicted octanol–water partition coefficient (Wildman–Crippen LogP) is 2.15. The predicted molar refractivity (Wildman–Crippen MR) is 54.9 cm³/mol. The summed E-state index contributed by atoms with van der Waals surface area (Å²) in [6, 6.07) is 0. The van der Waals surface area contributed by atoms with Gasteiger partial charge in [-0.05, 0) is 37.5 Å². The van der Waals surface area contributed by atoms with Crippen LogP contribution in [0.4, 0.5) is 0 Å². The van der Waals surface area contributed by atoms with Crippen LogP contribution < -0.4 is 0 Å². The van der Waals surface area contributed by atoms with Crippen LogP contribution in [0.25, 0.3) is 0 Å². The quantitative estimate of drug-likeness (QED) is 0.697. The largest absolute Gasteiger partial charge is 0.381 e. The fourth-order valence-electron chi connectivity index (χ4n) is 3.81. The van der Waals surface area contributed by atoms with Crippen molar-refractivity contribution >= 4 is 5.78 Å². The summed E-state index contributed by atoms with van der Waals surface area (Å²) >= 11 is 0. The van der Waals surface area contributed by atoms with E-state index < -0.39 is 5.60 Å². The molecule has 2 saturated carbocycles. The van der Waals surface area contributed by atoms with Crippen LogP contribution in [0.2, 0.25) is 0 Å². The Labute approximate surface area is 85.7 Å². The molecule has 0 aromatic carbocycles. The summed E-state index contributed by atoms with van der Waals surface area (Å²) in [6.45, 7) is 8.01. The Hall–Kier alpha value is -0.370. The number of aliphatic hydroxyl groups is 1. The van der Waals surface area contributed by atoms with Gasteiger partial charge in [-0.15, -0.1) is 0 Å². The highest BCUT2D eigenvalue weighted by molar-refractivity contribution is 5.86. The molecule has 80 valence electrons. The van der Waals surface area contributed by atoms with E-state index in [9.17, 15) is 9.90 Å². The molecule has 2 bridgehead atoms.